The monoisotopic (exact) mass is 349 g/mol. The maximum absolute atomic E-state index is 11.8. The topological polar surface area (TPSA) is 70.2 Å². The van der Waals surface area contributed by atoms with Gasteiger partial charge in [-0.2, -0.15) is 0 Å². The van der Waals surface area contributed by atoms with E-state index in [2.05, 4.69) is 25.5 Å². The normalized spacial score (nSPS) is 17.1. The molecule has 0 spiro atoms. The average Bonchev–Trinajstić information content (AvgIpc) is 2.49. The summed E-state index contributed by atoms with van der Waals surface area (Å²) in [5, 5.41) is 6.16. The summed E-state index contributed by atoms with van der Waals surface area (Å²) in [5.41, 5.74) is 0. The quantitative estimate of drug-likeness (QED) is 0.759. The summed E-state index contributed by atoms with van der Waals surface area (Å²) in [5.74, 6) is 0.891. The predicted molar refractivity (Wildman–Crippen MR) is 93.1 cm³/mol. The highest BCUT2D eigenvalue weighted by molar-refractivity contribution is 5.85. The molecular formula is C14H25Cl2N5O. The lowest BCUT2D eigenvalue weighted by Crippen LogP contribution is -2.48. The van der Waals surface area contributed by atoms with Crippen LogP contribution in [0.1, 0.15) is 25.7 Å². The molecule has 1 saturated heterocycles. The van der Waals surface area contributed by atoms with Crippen LogP contribution in [0.2, 0.25) is 0 Å². The molecule has 1 amide bonds. The van der Waals surface area contributed by atoms with Crippen molar-refractivity contribution in [3.8, 4) is 0 Å². The Morgan fingerprint density at radius 2 is 2.09 bits per heavy atom. The van der Waals surface area contributed by atoms with Crippen LogP contribution in [-0.4, -0.2) is 48.6 Å². The second-order valence-electron chi connectivity index (χ2n) is 5.11. The van der Waals surface area contributed by atoms with Crippen LogP contribution in [0, 0.1) is 0 Å². The fraction of sp³-hybridized carbons (Fsp3) is 0.643. The maximum Gasteiger partial charge on any atom is 0.225 e. The van der Waals surface area contributed by atoms with Crippen LogP contribution in [0.4, 0.5) is 5.95 Å². The number of carbonyl (C=O) groups excluding carboxylic acids is 1. The van der Waals surface area contributed by atoms with E-state index in [1.54, 1.807) is 12.4 Å². The number of halogens is 2. The van der Waals surface area contributed by atoms with E-state index < -0.39 is 0 Å². The summed E-state index contributed by atoms with van der Waals surface area (Å²) < 4.78 is 0. The number of nitrogens with zero attached hydrogens (tertiary/aromatic N) is 3. The van der Waals surface area contributed by atoms with Crippen molar-refractivity contribution < 1.29 is 4.79 Å². The minimum Gasteiger partial charge on any atom is -0.352 e. The summed E-state index contributed by atoms with van der Waals surface area (Å²) in [4.78, 5) is 22.5. The Kier molecular flexibility index (Phi) is 10.9. The minimum atomic E-state index is 0. The molecule has 1 unspecified atom stereocenters. The minimum absolute atomic E-state index is 0. The lowest BCUT2D eigenvalue weighted by molar-refractivity contribution is -0.121. The van der Waals surface area contributed by atoms with Crippen LogP contribution in [0.5, 0.6) is 0 Å². The molecule has 0 aliphatic carbocycles. The summed E-state index contributed by atoms with van der Waals surface area (Å²) >= 11 is 0. The van der Waals surface area contributed by atoms with Crippen molar-refractivity contribution in [2.24, 2.45) is 0 Å². The van der Waals surface area contributed by atoms with E-state index in [-0.39, 0.29) is 36.8 Å². The van der Waals surface area contributed by atoms with Crippen LogP contribution >= 0.6 is 24.8 Å². The molecule has 2 heterocycles. The van der Waals surface area contributed by atoms with Gasteiger partial charge >= 0.3 is 0 Å². The number of piperidine rings is 1. The van der Waals surface area contributed by atoms with Crippen LogP contribution in [0.3, 0.4) is 0 Å². The van der Waals surface area contributed by atoms with Gasteiger partial charge in [0.05, 0.1) is 0 Å². The van der Waals surface area contributed by atoms with Crippen LogP contribution in [0.25, 0.3) is 0 Å². The van der Waals surface area contributed by atoms with Crippen LogP contribution in [-0.2, 0) is 4.79 Å². The molecule has 0 radical (unpaired) electrons. The number of aromatic nitrogens is 2. The first-order valence-corrected chi connectivity index (χ1v) is 7.25. The fourth-order valence-corrected chi connectivity index (χ4v) is 2.46. The van der Waals surface area contributed by atoms with Gasteiger partial charge in [0.15, 0.2) is 0 Å². The number of hydrogen-bond donors (Lipinski definition) is 2. The Morgan fingerprint density at radius 3 is 2.77 bits per heavy atom. The second kappa shape index (κ2) is 11.5. The highest BCUT2D eigenvalue weighted by Crippen LogP contribution is 2.15. The molecule has 8 heteroatoms. The van der Waals surface area contributed by atoms with Gasteiger partial charge in [-0.15, -0.1) is 24.8 Å². The zero-order valence-electron chi connectivity index (χ0n) is 12.8. The fourth-order valence-electron chi connectivity index (χ4n) is 2.46. The SMILES string of the molecule is CNCCCC(=O)NC1CCCN(c2ncccn2)C1.Cl.Cl. The smallest absolute Gasteiger partial charge is 0.225 e. The van der Waals surface area contributed by atoms with Crippen molar-refractivity contribution >= 4 is 36.7 Å². The summed E-state index contributed by atoms with van der Waals surface area (Å²) in [6.07, 6.45) is 7.05. The number of amides is 1. The van der Waals surface area contributed by atoms with E-state index >= 15 is 0 Å². The summed E-state index contributed by atoms with van der Waals surface area (Å²) in [7, 11) is 1.90. The Bertz CT molecular complexity index is 421. The van der Waals surface area contributed by atoms with Gasteiger partial charge < -0.3 is 15.5 Å². The zero-order valence-corrected chi connectivity index (χ0v) is 14.5. The molecule has 6 nitrogen and oxygen atoms in total. The van der Waals surface area contributed by atoms with Gasteiger partial charge in [-0.05, 0) is 38.9 Å². The third-order valence-corrected chi connectivity index (χ3v) is 3.45. The van der Waals surface area contributed by atoms with E-state index in [9.17, 15) is 4.79 Å². The molecular weight excluding hydrogens is 325 g/mol. The molecule has 126 valence electrons. The first-order chi connectivity index (χ1) is 9.79. The third kappa shape index (κ3) is 6.77. The van der Waals surface area contributed by atoms with E-state index in [0.717, 1.165) is 44.8 Å². The van der Waals surface area contributed by atoms with Gasteiger partial charge in [0.25, 0.3) is 0 Å². The van der Waals surface area contributed by atoms with Crippen molar-refractivity contribution in [3.63, 3.8) is 0 Å². The van der Waals surface area contributed by atoms with E-state index in [0.29, 0.717) is 6.42 Å². The Labute approximate surface area is 144 Å². The molecule has 1 aromatic heterocycles. The van der Waals surface area contributed by atoms with Crippen LogP contribution in [0.15, 0.2) is 18.5 Å². The first kappa shape index (κ1) is 20.9. The van der Waals surface area contributed by atoms with E-state index in [4.69, 9.17) is 0 Å². The molecule has 0 saturated carbocycles. The number of nitrogens with one attached hydrogen (secondary N) is 2. The van der Waals surface area contributed by atoms with E-state index in [1.165, 1.54) is 0 Å². The molecule has 1 aliphatic rings. The highest BCUT2D eigenvalue weighted by atomic mass is 35.5. The third-order valence-electron chi connectivity index (χ3n) is 3.45. The van der Waals surface area contributed by atoms with E-state index in [1.807, 2.05) is 13.1 Å². The van der Waals surface area contributed by atoms with Crippen molar-refractivity contribution in [3.05, 3.63) is 18.5 Å². The molecule has 1 aromatic rings. The standard InChI is InChI=1S/C14H23N5O.2ClH/c1-15-7-2-6-13(20)18-12-5-3-10-19(11-12)14-16-8-4-9-17-14;;/h4,8-9,12,15H,2-3,5-7,10-11H2,1H3,(H,18,20);2*1H. The van der Waals surface area contributed by atoms with Crippen molar-refractivity contribution in [2.45, 2.75) is 31.7 Å². The molecule has 0 bridgehead atoms. The number of anilines is 1. The summed E-state index contributed by atoms with van der Waals surface area (Å²) in [6, 6.07) is 2.02. The number of hydrogen-bond acceptors (Lipinski definition) is 5. The molecule has 1 aliphatic heterocycles. The molecule has 2 N–H and O–H groups in total. The Balaban J connectivity index is 0.00000220. The van der Waals surface area contributed by atoms with Gasteiger partial charge in [-0.1, -0.05) is 0 Å². The predicted octanol–water partition coefficient (Wildman–Crippen LogP) is 1.40. The van der Waals surface area contributed by atoms with Crippen molar-refractivity contribution in [1.82, 2.24) is 20.6 Å². The lowest BCUT2D eigenvalue weighted by Gasteiger charge is -2.33. The largest absolute Gasteiger partial charge is 0.352 e. The van der Waals surface area contributed by atoms with Gasteiger partial charge in [0.2, 0.25) is 11.9 Å². The van der Waals surface area contributed by atoms with Crippen molar-refractivity contribution in [1.29, 1.82) is 0 Å². The van der Waals surface area contributed by atoms with Gasteiger partial charge in [-0.25, -0.2) is 9.97 Å². The zero-order chi connectivity index (χ0) is 14.2. The molecule has 2 rings (SSSR count). The number of rotatable bonds is 6. The molecule has 0 aromatic carbocycles. The van der Waals surface area contributed by atoms with Crippen LogP contribution < -0.4 is 15.5 Å². The first-order valence-electron chi connectivity index (χ1n) is 7.25. The Morgan fingerprint density at radius 1 is 1.36 bits per heavy atom. The second-order valence-corrected chi connectivity index (χ2v) is 5.11. The van der Waals surface area contributed by atoms with Crippen molar-refractivity contribution in [2.75, 3.05) is 31.6 Å². The lowest BCUT2D eigenvalue weighted by atomic mass is 10.1. The Hall–Kier alpha value is -1.11. The summed E-state index contributed by atoms with van der Waals surface area (Å²) in [6.45, 7) is 2.62. The van der Waals surface area contributed by atoms with Gasteiger partial charge in [0, 0.05) is 37.9 Å². The maximum atomic E-state index is 11.8. The molecule has 22 heavy (non-hydrogen) atoms. The van der Waals surface area contributed by atoms with Gasteiger partial charge in [-0.3, -0.25) is 4.79 Å². The van der Waals surface area contributed by atoms with Gasteiger partial charge in [0.1, 0.15) is 0 Å². The highest BCUT2D eigenvalue weighted by Gasteiger charge is 2.22. The number of carbonyl (C=O) groups is 1. The molecule has 1 atom stereocenters. The average molecular weight is 350 g/mol. The molecule has 1 fully saturated rings.